The first kappa shape index (κ1) is 11.6. The zero-order valence-corrected chi connectivity index (χ0v) is 6.64. The Balaban J connectivity index is 0. The van der Waals surface area contributed by atoms with Crippen molar-refractivity contribution < 1.29 is 4.79 Å². The van der Waals surface area contributed by atoms with Gasteiger partial charge < -0.3 is 11.1 Å². The van der Waals surface area contributed by atoms with E-state index in [-0.39, 0.29) is 0 Å². The largest absolute Gasteiger partial charge is 0.366 e. The molecule has 0 aliphatic rings. The van der Waals surface area contributed by atoms with Crippen LogP contribution in [0.15, 0.2) is 12.2 Å². The van der Waals surface area contributed by atoms with Crippen LogP contribution in [0.4, 0.5) is 0 Å². The number of nitrogens with two attached hydrogens (primary N) is 1. The van der Waals surface area contributed by atoms with Crippen molar-refractivity contribution in [3.05, 3.63) is 12.2 Å². The second-order valence-electron chi connectivity index (χ2n) is 1.42. The van der Waals surface area contributed by atoms with Crippen molar-refractivity contribution in [1.29, 1.82) is 5.41 Å². The number of hydrogen-bond acceptors (Lipinski definition) is 2. The van der Waals surface area contributed by atoms with Crippen molar-refractivity contribution in [1.82, 2.24) is 0 Å². The number of hydrogen-bond donors (Lipinski definition) is 2. The molecule has 0 fully saturated rings. The molecule has 0 aromatic carbocycles. The molecule has 0 radical (unpaired) electrons. The predicted molar refractivity (Wildman–Crippen MR) is 43.1 cm³/mol. The van der Waals surface area contributed by atoms with Crippen LogP contribution < -0.4 is 5.73 Å². The van der Waals surface area contributed by atoms with Gasteiger partial charge in [0.2, 0.25) is 5.91 Å². The molecule has 0 saturated heterocycles. The van der Waals surface area contributed by atoms with E-state index in [2.05, 4.69) is 0 Å². The Bertz CT molecular complexity index is 123. The molecule has 10 heavy (non-hydrogen) atoms. The highest BCUT2D eigenvalue weighted by molar-refractivity contribution is 5.97. The summed E-state index contributed by atoms with van der Waals surface area (Å²) < 4.78 is 0. The first-order chi connectivity index (χ1) is 4.63. The van der Waals surface area contributed by atoms with E-state index in [0.717, 1.165) is 6.08 Å². The molecule has 0 heterocycles. The zero-order valence-electron chi connectivity index (χ0n) is 6.64. The summed E-state index contributed by atoms with van der Waals surface area (Å²) in [5, 5.41) is 6.79. The summed E-state index contributed by atoms with van der Waals surface area (Å²) >= 11 is 0. The van der Waals surface area contributed by atoms with Crippen molar-refractivity contribution in [2.75, 3.05) is 0 Å². The van der Waals surface area contributed by atoms with E-state index in [0.29, 0.717) is 5.71 Å². The van der Waals surface area contributed by atoms with Gasteiger partial charge in [0.25, 0.3) is 0 Å². The maximum atomic E-state index is 9.94. The van der Waals surface area contributed by atoms with E-state index >= 15 is 0 Å². The van der Waals surface area contributed by atoms with Gasteiger partial charge >= 0.3 is 0 Å². The summed E-state index contributed by atoms with van der Waals surface area (Å²) in [5.41, 5.74) is 5.04. The quantitative estimate of drug-likeness (QED) is 0.440. The Morgan fingerprint density at radius 2 is 1.80 bits per heavy atom. The minimum Gasteiger partial charge on any atom is -0.366 e. The van der Waals surface area contributed by atoms with Crippen LogP contribution in [0.2, 0.25) is 0 Å². The molecule has 3 N–H and O–H groups in total. The number of nitrogens with one attached hydrogen (secondary N) is 1. The van der Waals surface area contributed by atoms with Crippen LogP contribution in [0.5, 0.6) is 0 Å². The normalized spacial score (nSPS) is 8.30. The third kappa shape index (κ3) is 15.8. The fourth-order valence-corrected chi connectivity index (χ4v) is 0.207. The summed E-state index contributed by atoms with van der Waals surface area (Å²) in [7, 11) is 0. The summed E-state index contributed by atoms with van der Waals surface area (Å²) in [4.78, 5) is 9.94. The third-order valence-electron chi connectivity index (χ3n) is 0.498. The number of primary amides is 1. The smallest absolute Gasteiger partial charge is 0.241 e. The van der Waals surface area contributed by atoms with Crippen molar-refractivity contribution >= 4 is 11.6 Å². The lowest BCUT2D eigenvalue weighted by atomic mass is 10.4. The van der Waals surface area contributed by atoms with Crippen LogP contribution in [0, 0.1) is 5.41 Å². The molecule has 3 heteroatoms. The fraction of sp³-hybridized carbons (Fsp3) is 0.429. The van der Waals surface area contributed by atoms with Gasteiger partial charge in [-0.2, -0.15) is 0 Å². The molecule has 0 unspecified atom stereocenters. The van der Waals surface area contributed by atoms with Crippen LogP contribution in [0.25, 0.3) is 0 Å². The Kier molecular flexibility index (Phi) is 9.18. The van der Waals surface area contributed by atoms with Gasteiger partial charge in [-0.05, 0) is 13.0 Å². The third-order valence-corrected chi connectivity index (χ3v) is 0.498. The Morgan fingerprint density at radius 1 is 1.40 bits per heavy atom. The Labute approximate surface area is 61.4 Å². The van der Waals surface area contributed by atoms with E-state index in [1.54, 1.807) is 6.92 Å². The molecular weight excluding hydrogens is 128 g/mol. The van der Waals surface area contributed by atoms with Crippen LogP contribution in [-0.4, -0.2) is 11.6 Å². The molecule has 0 atom stereocenters. The van der Waals surface area contributed by atoms with Gasteiger partial charge in [0, 0.05) is 11.8 Å². The molecule has 0 aliphatic carbocycles. The molecule has 0 aromatic rings. The zero-order chi connectivity index (χ0) is 8.57. The van der Waals surface area contributed by atoms with Crippen molar-refractivity contribution in [3.63, 3.8) is 0 Å². The number of rotatable bonds is 2. The average molecular weight is 142 g/mol. The molecule has 58 valence electrons. The lowest BCUT2D eigenvalue weighted by molar-refractivity contribution is -0.113. The van der Waals surface area contributed by atoms with E-state index < -0.39 is 5.91 Å². The number of allylic oxidation sites excluding steroid dienone is 1. The first-order valence-electron chi connectivity index (χ1n) is 3.15. The molecule has 0 aromatic heterocycles. The standard InChI is InChI=1S/C5H8N2O.C2H6/c1-4(6)2-3-5(7)8;1-2/h2-3,6H,1H3,(H2,7,8);1-2H3/b3-2-,6-4?;. The molecule has 0 bridgehead atoms. The van der Waals surface area contributed by atoms with E-state index in [4.69, 9.17) is 11.1 Å². The van der Waals surface area contributed by atoms with Gasteiger partial charge in [-0.1, -0.05) is 13.8 Å². The van der Waals surface area contributed by atoms with Crippen molar-refractivity contribution in [2.45, 2.75) is 20.8 Å². The Morgan fingerprint density at radius 3 is 1.90 bits per heavy atom. The lowest BCUT2D eigenvalue weighted by Gasteiger charge is -1.78. The molecule has 3 nitrogen and oxygen atoms in total. The highest BCUT2D eigenvalue weighted by Gasteiger charge is 1.80. The highest BCUT2D eigenvalue weighted by Crippen LogP contribution is 1.72. The summed E-state index contributed by atoms with van der Waals surface area (Å²) in [6.45, 7) is 5.57. The van der Waals surface area contributed by atoms with Crippen LogP contribution in [0.3, 0.4) is 0 Å². The van der Waals surface area contributed by atoms with Crippen LogP contribution in [-0.2, 0) is 4.79 Å². The molecular formula is C7H14N2O. The Hall–Kier alpha value is -1.12. The van der Waals surface area contributed by atoms with Gasteiger partial charge in [-0.3, -0.25) is 4.79 Å². The highest BCUT2D eigenvalue weighted by atomic mass is 16.1. The number of amides is 1. The van der Waals surface area contributed by atoms with Gasteiger partial charge in [0.1, 0.15) is 0 Å². The van der Waals surface area contributed by atoms with Gasteiger partial charge in [-0.25, -0.2) is 0 Å². The second kappa shape index (κ2) is 7.88. The molecule has 0 spiro atoms. The maximum absolute atomic E-state index is 9.94. The molecule has 1 amide bonds. The maximum Gasteiger partial charge on any atom is 0.241 e. The lowest BCUT2D eigenvalue weighted by Crippen LogP contribution is -2.05. The van der Waals surface area contributed by atoms with Crippen LogP contribution in [0.1, 0.15) is 20.8 Å². The summed E-state index contributed by atoms with van der Waals surface area (Å²) in [6.07, 6.45) is 2.50. The summed E-state index contributed by atoms with van der Waals surface area (Å²) in [6, 6.07) is 0. The van der Waals surface area contributed by atoms with Crippen molar-refractivity contribution in [3.8, 4) is 0 Å². The van der Waals surface area contributed by atoms with Crippen LogP contribution >= 0.6 is 0 Å². The minimum absolute atomic E-state index is 0.323. The molecule has 0 rings (SSSR count). The number of carbonyl (C=O) groups is 1. The first-order valence-corrected chi connectivity index (χ1v) is 3.15. The SMILES string of the molecule is CC.CC(=N)/C=C\C(N)=O. The minimum atomic E-state index is -0.517. The number of carbonyl (C=O) groups excluding carboxylic acids is 1. The fourth-order valence-electron chi connectivity index (χ4n) is 0.207. The van der Waals surface area contributed by atoms with E-state index in [1.807, 2.05) is 13.8 Å². The van der Waals surface area contributed by atoms with E-state index in [9.17, 15) is 4.79 Å². The topological polar surface area (TPSA) is 66.9 Å². The summed E-state index contributed by atoms with van der Waals surface area (Å²) in [5.74, 6) is -0.517. The van der Waals surface area contributed by atoms with Gasteiger partial charge in [0.15, 0.2) is 0 Å². The van der Waals surface area contributed by atoms with Crippen molar-refractivity contribution in [2.24, 2.45) is 5.73 Å². The molecule has 0 aliphatic heterocycles. The average Bonchev–Trinajstić information content (AvgIpc) is 1.89. The van der Waals surface area contributed by atoms with Gasteiger partial charge in [0.05, 0.1) is 0 Å². The predicted octanol–water partition coefficient (Wildman–Crippen LogP) is 1.09. The second-order valence-corrected chi connectivity index (χ2v) is 1.42. The monoisotopic (exact) mass is 142 g/mol. The molecule has 0 saturated carbocycles. The van der Waals surface area contributed by atoms with E-state index in [1.165, 1.54) is 6.08 Å². The van der Waals surface area contributed by atoms with Gasteiger partial charge in [-0.15, -0.1) is 0 Å².